The Morgan fingerprint density at radius 2 is 2.16 bits per heavy atom. The van der Waals surface area contributed by atoms with Crippen LogP contribution in [0.3, 0.4) is 0 Å². The van der Waals surface area contributed by atoms with Crippen molar-refractivity contribution in [3.63, 3.8) is 0 Å². The molecule has 2 atom stereocenters. The van der Waals surface area contributed by atoms with E-state index in [4.69, 9.17) is 4.74 Å². The maximum Gasteiger partial charge on any atom is 0.227 e. The summed E-state index contributed by atoms with van der Waals surface area (Å²) >= 11 is 0. The maximum atomic E-state index is 13.2. The van der Waals surface area contributed by atoms with Crippen molar-refractivity contribution in [3.05, 3.63) is 24.0 Å². The molecule has 1 aromatic rings. The summed E-state index contributed by atoms with van der Waals surface area (Å²) in [6.07, 6.45) is -0.423. The molecular formula is C16H21FN4O4. The monoisotopic (exact) mass is 352 g/mol. The fourth-order valence-electron chi connectivity index (χ4n) is 2.99. The predicted octanol–water partition coefficient (Wildman–Crippen LogP) is -0.0462. The summed E-state index contributed by atoms with van der Waals surface area (Å²) in [5.74, 6) is -1.37. The molecule has 2 amide bonds. The van der Waals surface area contributed by atoms with Crippen LogP contribution in [0.15, 0.2) is 18.2 Å². The van der Waals surface area contributed by atoms with Crippen LogP contribution in [-0.4, -0.2) is 60.5 Å². The van der Waals surface area contributed by atoms with E-state index in [2.05, 4.69) is 20.9 Å². The van der Waals surface area contributed by atoms with Gasteiger partial charge in [0.25, 0.3) is 0 Å². The molecule has 2 aliphatic heterocycles. The lowest BCUT2D eigenvalue weighted by Crippen LogP contribution is -2.63. The highest BCUT2D eigenvalue weighted by atomic mass is 19.1. The third-order valence-corrected chi connectivity index (χ3v) is 4.22. The molecule has 2 fully saturated rings. The molecular weight excluding hydrogens is 331 g/mol. The molecule has 0 spiro atoms. The molecule has 0 saturated carbocycles. The molecule has 0 bridgehead atoms. The van der Waals surface area contributed by atoms with Gasteiger partial charge in [-0.3, -0.25) is 19.8 Å². The quantitative estimate of drug-likeness (QED) is 0.567. The Kier molecular flexibility index (Phi) is 5.47. The Labute approximate surface area is 144 Å². The van der Waals surface area contributed by atoms with Gasteiger partial charge < -0.3 is 20.5 Å². The molecule has 0 aromatic heterocycles. The first kappa shape index (κ1) is 17.6. The number of phenols is 1. The second-order valence-electron chi connectivity index (χ2n) is 6.07. The minimum atomic E-state index is -0.565. The van der Waals surface area contributed by atoms with Gasteiger partial charge >= 0.3 is 0 Å². The molecule has 2 saturated heterocycles. The molecule has 25 heavy (non-hydrogen) atoms. The van der Waals surface area contributed by atoms with Gasteiger partial charge in [-0.15, -0.1) is 0 Å². The zero-order chi connectivity index (χ0) is 17.8. The molecule has 0 aliphatic carbocycles. The highest BCUT2D eigenvalue weighted by Crippen LogP contribution is 2.23. The van der Waals surface area contributed by atoms with E-state index in [-0.39, 0.29) is 29.9 Å². The standard InChI is InChI=1S/C16H21FN4O4/c17-10-1-2-12(22)11(7-10)18-15(23)8-13-19-14(9-16(24)20-13)21-3-5-25-6-4-21/h1-2,7,13-14,19,22H,3-6,8-9H2,(H,18,23)(H,20,24). The van der Waals surface area contributed by atoms with Crippen molar-refractivity contribution in [3.8, 4) is 5.75 Å². The van der Waals surface area contributed by atoms with E-state index in [1.54, 1.807) is 0 Å². The maximum absolute atomic E-state index is 13.2. The van der Waals surface area contributed by atoms with Crippen molar-refractivity contribution >= 4 is 17.5 Å². The van der Waals surface area contributed by atoms with E-state index >= 15 is 0 Å². The van der Waals surface area contributed by atoms with Crippen molar-refractivity contribution in [2.45, 2.75) is 25.2 Å². The summed E-state index contributed by atoms with van der Waals surface area (Å²) < 4.78 is 18.5. The number of nitrogens with zero attached hydrogens (tertiary/aromatic N) is 1. The number of carbonyl (C=O) groups is 2. The summed E-state index contributed by atoms with van der Waals surface area (Å²) in [6.45, 7) is 2.68. The molecule has 3 rings (SSSR count). The average Bonchev–Trinajstić information content (AvgIpc) is 2.58. The van der Waals surface area contributed by atoms with E-state index < -0.39 is 17.9 Å². The van der Waals surface area contributed by atoms with Crippen molar-refractivity contribution in [2.75, 3.05) is 31.6 Å². The van der Waals surface area contributed by atoms with Crippen LogP contribution < -0.4 is 16.0 Å². The summed E-state index contributed by atoms with van der Waals surface area (Å²) in [5, 5.41) is 18.1. The normalized spacial score (nSPS) is 24.6. The van der Waals surface area contributed by atoms with Crippen molar-refractivity contribution in [1.82, 2.24) is 15.5 Å². The fourth-order valence-corrected chi connectivity index (χ4v) is 2.99. The van der Waals surface area contributed by atoms with Crippen LogP contribution in [0.2, 0.25) is 0 Å². The lowest BCUT2D eigenvalue weighted by atomic mass is 10.1. The number of amides is 2. The second-order valence-corrected chi connectivity index (χ2v) is 6.07. The van der Waals surface area contributed by atoms with Gasteiger partial charge in [0.2, 0.25) is 11.8 Å². The number of anilines is 1. The Morgan fingerprint density at radius 1 is 1.40 bits per heavy atom. The van der Waals surface area contributed by atoms with E-state index in [0.29, 0.717) is 19.6 Å². The van der Waals surface area contributed by atoms with E-state index in [9.17, 15) is 19.1 Å². The number of benzene rings is 1. The van der Waals surface area contributed by atoms with E-state index in [0.717, 1.165) is 25.2 Å². The van der Waals surface area contributed by atoms with Gasteiger partial charge in [-0.2, -0.15) is 0 Å². The first-order valence-corrected chi connectivity index (χ1v) is 8.17. The van der Waals surface area contributed by atoms with Gasteiger partial charge in [-0.1, -0.05) is 0 Å². The van der Waals surface area contributed by atoms with E-state index in [1.807, 2.05) is 0 Å². The number of aromatic hydroxyl groups is 1. The molecule has 2 aliphatic rings. The van der Waals surface area contributed by atoms with Crippen LogP contribution in [0.5, 0.6) is 5.75 Å². The van der Waals surface area contributed by atoms with Crippen molar-refractivity contribution < 1.29 is 23.8 Å². The summed E-state index contributed by atoms with van der Waals surface area (Å²) in [6, 6.07) is 3.30. The number of hydrogen-bond donors (Lipinski definition) is 4. The summed E-state index contributed by atoms with van der Waals surface area (Å²) in [5.41, 5.74) is -0.00290. The number of ether oxygens (including phenoxy) is 1. The Hall–Kier alpha value is -2.23. The number of hydrogen-bond acceptors (Lipinski definition) is 6. The number of nitrogens with one attached hydrogen (secondary N) is 3. The molecule has 8 nitrogen and oxygen atoms in total. The third-order valence-electron chi connectivity index (χ3n) is 4.22. The van der Waals surface area contributed by atoms with Gasteiger partial charge in [0.1, 0.15) is 11.6 Å². The minimum Gasteiger partial charge on any atom is -0.506 e. The molecule has 136 valence electrons. The first-order valence-electron chi connectivity index (χ1n) is 8.17. The SMILES string of the molecule is O=C(CC1NC(=O)CC(N2CCOCC2)N1)Nc1cc(F)ccc1O. The van der Waals surface area contributed by atoms with Crippen molar-refractivity contribution in [1.29, 1.82) is 0 Å². The molecule has 2 unspecified atom stereocenters. The first-order chi connectivity index (χ1) is 12.0. The zero-order valence-corrected chi connectivity index (χ0v) is 13.6. The molecule has 2 heterocycles. The van der Waals surface area contributed by atoms with Gasteiger partial charge in [0.15, 0.2) is 0 Å². The van der Waals surface area contributed by atoms with Crippen LogP contribution in [0.1, 0.15) is 12.8 Å². The van der Waals surface area contributed by atoms with Crippen LogP contribution >= 0.6 is 0 Å². The minimum absolute atomic E-state index is 0.00290. The van der Waals surface area contributed by atoms with Crippen LogP contribution in [0.25, 0.3) is 0 Å². The average molecular weight is 352 g/mol. The van der Waals surface area contributed by atoms with Gasteiger partial charge in [0.05, 0.1) is 44.1 Å². The second kappa shape index (κ2) is 7.77. The molecule has 4 N–H and O–H groups in total. The van der Waals surface area contributed by atoms with E-state index in [1.165, 1.54) is 6.07 Å². The van der Waals surface area contributed by atoms with Gasteiger partial charge in [-0.05, 0) is 12.1 Å². The number of rotatable bonds is 4. The number of halogens is 1. The molecule has 9 heteroatoms. The predicted molar refractivity (Wildman–Crippen MR) is 87.2 cm³/mol. The fraction of sp³-hybridized carbons (Fsp3) is 0.500. The Bertz CT molecular complexity index is 651. The molecule has 0 radical (unpaired) electrons. The third kappa shape index (κ3) is 4.65. The highest BCUT2D eigenvalue weighted by Gasteiger charge is 2.31. The number of carbonyl (C=O) groups excluding carboxylic acids is 2. The van der Waals surface area contributed by atoms with Crippen LogP contribution in [0.4, 0.5) is 10.1 Å². The number of phenolic OH excluding ortho intramolecular Hbond substituents is 1. The lowest BCUT2D eigenvalue weighted by Gasteiger charge is -2.40. The van der Waals surface area contributed by atoms with Crippen molar-refractivity contribution in [2.24, 2.45) is 0 Å². The van der Waals surface area contributed by atoms with Gasteiger partial charge in [-0.25, -0.2) is 4.39 Å². The Morgan fingerprint density at radius 3 is 2.92 bits per heavy atom. The lowest BCUT2D eigenvalue weighted by molar-refractivity contribution is -0.128. The Balaban J connectivity index is 1.58. The summed E-state index contributed by atoms with van der Waals surface area (Å²) in [4.78, 5) is 26.2. The summed E-state index contributed by atoms with van der Waals surface area (Å²) in [7, 11) is 0. The largest absolute Gasteiger partial charge is 0.506 e. The van der Waals surface area contributed by atoms with Crippen LogP contribution in [-0.2, 0) is 14.3 Å². The molecule has 1 aromatic carbocycles. The van der Waals surface area contributed by atoms with Crippen LogP contribution in [0, 0.1) is 5.82 Å². The zero-order valence-electron chi connectivity index (χ0n) is 13.6. The topological polar surface area (TPSA) is 103 Å². The smallest absolute Gasteiger partial charge is 0.227 e. The number of morpholine rings is 1. The highest BCUT2D eigenvalue weighted by molar-refractivity contribution is 5.93. The van der Waals surface area contributed by atoms with Gasteiger partial charge in [0, 0.05) is 19.2 Å².